The molecule has 0 spiro atoms. The van der Waals surface area contributed by atoms with Crippen LogP contribution in [0.5, 0.6) is 17.2 Å². The first-order valence-corrected chi connectivity index (χ1v) is 7.59. The normalized spacial score (nSPS) is 11.0. The molecule has 6 heteroatoms. The number of ether oxygens (including phenoxy) is 3. The molecule has 21 heavy (non-hydrogen) atoms. The summed E-state index contributed by atoms with van der Waals surface area (Å²) in [6, 6.07) is 3.38. The van der Waals surface area contributed by atoms with Gasteiger partial charge in [0, 0.05) is 17.9 Å². The van der Waals surface area contributed by atoms with Crippen LogP contribution in [0.15, 0.2) is 12.1 Å². The second-order valence-corrected chi connectivity index (χ2v) is 5.75. The third-order valence-electron chi connectivity index (χ3n) is 3.47. The van der Waals surface area contributed by atoms with Crippen LogP contribution in [0.2, 0.25) is 0 Å². The number of hydrogen-bond donors (Lipinski definition) is 0. The van der Waals surface area contributed by atoms with Crippen molar-refractivity contribution in [2.75, 3.05) is 33.7 Å². The molecule has 0 saturated carbocycles. The van der Waals surface area contributed by atoms with Crippen LogP contribution in [0.25, 0.3) is 0 Å². The van der Waals surface area contributed by atoms with Crippen LogP contribution in [-0.4, -0.2) is 50.1 Å². The molecule has 0 atom stereocenters. The van der Waals surface area contributed by atoms with Gasteiger partial charge in [-0.15, -0.1) is 0 Å². The summed E-state index contributed by atoms with van der Waals surface area (Å²) in [5.41, 5.74) is 0.113. The number of methoxy groups -OCH3 is 3. The van der Waals surface area contributed by atoms with Crippen LogP contribution < -0.4 is 14.2 Å². The molecule has 1 aromatic carbocycles. The lowest BCUT2D eigenvalue weighted by Gasteiger charge is -2.34. The molecule has 0 fully saturated rings. The predicted octanol–water partition coefficient (Wildman–Crippen LogP) is 2.96. The van der Waals surface area contributed by atoms with Gasteiger partial charge in [0.2, 0.25) is 5.75 Å². The van der Waals surface area contributed by atoms with Crippen LogP contribution in [0.1, 0.15) is 24.2 Å². The van der Waals surface area contributed by atoms with Crippen LogP contribution in [-0.2, 0) is 0 Å². The quantitative estimate of drug-likeness (QED) is 0.732. The van der Waals surface area contributed by atoms with E-state index in [0.29, 0.717) is 28.1 Å². The zero-order valence-corrected chi connectivity index (χ0v) is 14.9. The van der Waals surface area contributed by atoms with E-state index in [1.54, 1.807) is 31.2 Å². The van der Waals surface area contributed by atoms with Crippen molar-refractivity contribution in [1.29, 1.82) is 0 Å². The van der Waals surface area contributed by atoms with E-state index in [0.717, 1.165) is 0 Å². The van der Waals surface area contributed by atoms with Gasteiger partial charge < -0.3 is 19.1 Å². The van der Waals surface area contributed by atoms with Crippen molar-refractivity contribution >= 4 is 21.8 Å². The molecule has 1 aromatic rings. The second-order valence-electron chi connectivity index (χ2n) is 5.19. The Bertz CT molecular complexity index is 517. The summed E-state index contributed by atoms with van der Waals surface area (Å²) in [5, 5.41) is 0.665. The Hall–Kier alpha value is -1.43. The lowest BCUT2D eigenvalue weighted by Crippen LogP contribution is -2.46. The molecule has 0 unspecified atom stereocenters. The molecule has 5 nitrogen and oxygen atoms in total. The van der Waals surface area contributed by atoms with Gasteiger partial charge in [0.05, 0.1) is 26.9 Å². The molecule has 0 heterocycles. The molecular weight excluding hydrogens is 338 g/mol. The predicted molar refractivity (Wildman–Crippen MR) is 86.1 cm³/mol. The van der Waals surface area contributed by atoms with Gasteiger partial charge >= 0.3 is 0 Å². The van der Waals surface area contributed by atoms with Gasteiger partial charge in [-0.2, -0.15) is 0 Å². The van der Waals surface area contributed by atoms with Gasteiger partial charge in [-0.1, -0.05) is 15.9 Å². The summed E-state index contributed by atoms with van der Waals surface area (Å²) in [6.45, 7) is 3.96. The van der Waals surface area contributed by atoms with Crippen LogP contribution in [0.3, 0.4) is 0 Å². The fourth-order valence-electron chi connectivity index (χ4n) is 1.81. The number of alkyl halides is 1. The highest BCUT2D eigenvalue weighted by molar-refractivity contribution is 9.09. The molecular formula is C15H22BrNO4. The van der Waals surface area contributed by atoms with Gasteiger partial charge in [-0.3, -0.25) is 4.79 Å². The van der Waals surface area contributed by atoms with Gasteiger partial charge in [0.25, 0.3) is 5.91 Å². The molecule has 0 radical (unpaired) electrons. The molecule has 0 aliphatic heterocycles. The fraction of sp³-hybridized carbons (Fsp3) is 0.533. The number of amides is 1. The average Bonchev–Trinajstić information content (AvgIpc) is 2.51. The number of carbonyl (C=O) groups excluding carboxylic acids is 1. The van der Waals surface area contributed by atoms with Gasteiger partial charge in [-0.05, 0) is 26.0 Å². The Kier molecular flexibility index (Phi) is 5.89. The number of rotatable bonds is 6. The third-order valence-corrected chi connectivity index (χ3v) is 4.85. The maximum Gasteiger partial charge on any atom is 0.257 e. The molecule has 0 saturated heterocycles. The summed E-state index contributed by atoms with van der Waals surface area (Å²) < 4.78 is 15.9. The SMILES string of the molecule is COc1ccc(C(=O)N(C)C(C)(C)CBr)c(OC)c1OC. The second kappa shape index (κ2) is 7.02. The topological polar surface area (TPSA) is 48.0 Å². The smallest absolute Gasteiger partial charge is 0.257 e. The molecule has 1 amide bonds. The van der Waals surface area contributed by atoms with Crippen molar-refractivity contribution in [3.05, 3.63) is 17.7 Å². The van der Waals surface area contributed by atoms with Crippen molar-refractivity contribution in [2.24, 2.45) is 0 Å². The summed E-state index contributed by atoms with van der Waals surface area (Å²) in [4.78, 5) is 14.4. The number of benzene rings is 1. The monoisotopic (exact) mass is 359 g/mol. The largest absolute Gasteiger partial charge is 0.493 e. The van der Waals surface area contributed by atoms with Crippen LogP contribution in [0, 0.1) is 0 Å². The lowest BCUT2D eigenvalue weighted by molar-refractivity contribution is 0.0659. The maximum atomic E-state index is 12.7. The molecule has 1 rings (SSSR count). The first kappa shape index (κ1) is 17.6. The number of halogens is 1. The Morgan fingerprint density at radius 3 is 2.14 bits per heavy atom. The number of carbonyl (C=O) groups is 1. The van der Waals surface area contributed by atoms with Crippen molar-refractivity contribution in [3.63, 3.8) is 0 Å². The fourth-order valence-corrected chi connectivity index (χ4v) is 2.19. The van der Waals surface area contributed by atoms with Gasteiger partial charge in [-0.25, -0.2) is 0 Å². The van der Waals surface area contributed by atoms with Gasteiger partial charge in [0.15, 0.2) is 11.5 Å². The van der Waals surface area contributed by atoms with Crippen LogP contribution >= 0.6 is 15.9 Å². The van der Waals surface area contributed by atoms with E-state index in [2.05, 4.69) is 15.9 Å². The third kappa shape index (κ3) is 3.43. The Morgan fingerprint density at radius 2 is 1.71 bits per heavy atom. The molecule has 118 valence electrons. The Morgan fingerprint density at radius 1 is 1.14 bits per heavy atom. The highest BCUT2D eigenvalue weighted by atomic mass is 79.9. The molecule has 0 aliphatic carbocycles. The summed E-state index contributed by atoms with van der Waals surface area (Å²) in [7, 11) is 6.32. The number of hydrogen-bond acceptors (Lipinski definition) is 4. The van der Waals surface area contributed by atoms with E-state index in [1.165, 1.54) is 14.2 Å². The maximum absolute atomic E-state index is 12.7. The van der Waals surface area contributed by atoms with E-state index in [-0.39, 0.29) is 11.4 Å². The minimum absolute atomic E-state index is 0.141. The Labute approximate surface area is 134 Å². The standard InChI is InChI=1S/C15H22BrNO4/c1-15(2,9-16)17(3)14(18)10-7-8-11(19-4)13(21-6)12(10)20-5/h7-8H,9H2,1-6H3. The molecule has 0 aromatic heterocycles. The van der Waals surface area contributed by atoms with Gasteiger partial charge in [0.1, 0.15) is 0 Å². The van der Waals surface area contributed by atoms with E-state index < -0.39 is 0 Å². The van der Waals surface area contributed by atoms with Crippen LogP contribution in [0.4, 0.5) is 0 Å². The highest BCUT2D eigenvalue weighted by Crippen LogP contribution is 2.40. The zero-order valence-electron chi connectivity index (χ0n) is 13.3. The first-order chi connectivity index (χ1) is 9.83. The summed E-state index contributed by atoms with van der Waals surface area (Å²) >= 11 is 3.43. The van der Waals surface area contributed by atoms with Crippen molar-refractivity contribution in [1.82, 2.24) is 4.90 Å². The minimum Gasteiger partial charge on any atom is -0.493 e. The van der Waals surface area contributed by atoms with Crippen molar-refractivity contribution in [2.45, 2.75) is 19.4 Å². The van der Waals surface area contributed by atoms with E-state index >= 15 is 0 Å². The lowest BCUT2D eigenvalue weighted by atomic mass is 10.0. The summed E-state index contributed by atoms with van der Waals surface area (Å²) in [5.74, 6) is 1.17. The van der Waals surface area contributed by atoms with E-state index in [9.17, 15) is 4.79 Å². The first-order valence-electron chi connectivity index (χ1n) is 6.47. The Balaban J connectivity index is 3.34. The molecule has 0 bridgehead atoms. The molecule has 0 N–H and O–H groups in total. The minimum atomic E-state index is -0.324. The average molecular weight is 360 g/mol. The van der Waals surface area contributed by atoms with Crippen molar-refractivity contribution in [3.8, 4) is 17.2 Å². The zero-order chi connectivity index (χ0) is 16.2. The van der Waals surface area contributed by atoms with Crippen molar-refractivity contribution < 1.29 is 19.0 Å². The molecule has 0 aliphatic rings. The highest BCUT2D eigenvalue weighted by Gasteiger charge is 2.30. The van der Waals surface area contributed by atoms with E-state index in [1.807, 2.05) is 13.8 Å². The summed E-state index contributed by atoms with van der Waals surface area (Å²) in [6.07, 6.45) is 0. The number of nitrogens with zero attached hydrogens (tertiary/aromatic N) is 1. The van der Waals surface area contributed by atoms with E-state index in [4.69, 9.17) is 14.2 Å².